The standard InChI is InChI=1S/C16H22N4O/c1-11-6-5-8-13(12(11)2)17-16(21)10-20-15-9-4-3-7-14(15)18-19-20/h3-4,7,9,11-13H,5-6,8,10H2,1-2H3,(H,17,21)/t11-,12+,13-/m0/s1. The normalized spacial score (nSPS) is 25.9. The van der Waals surface area contributed by atoms with Crippen molar-refractivity contribution >= 4 is 16.9 Å². The summed E-state index contributed by atoms with van der Waals surface area (Å²) in [6.45, 7) is 4.74. The SMILES string of the molecule is C[C@H]1[C@@H](NC(=O)Cn2nnc3ccccc32)CCC[C@@H]1C. The van der Waals surface area contributed by atoms with E-state index in [0.29, 0.717) is 11.8 Å². The predicted molar refractivity (Wildman–Crippen MR) is 81.6 cm³/mol. The van der Waals surface area contributed by atoms with E-state index in [-0.39, 0.29) is 18.5 Å². The van der Waals surface area contributed by atoms with Crippen LogP contribution in [0.4, 0.5) is 0 Å². The molecule has 1 aromatic carbocycles. The average Bonchev–Trinajstić information content (AvgIpc) is 2.87. The molecule has 112 valence electrons. The lowest BCUT2D eigenvalue weighted by Crippen LogP contribution is -2.44. The van der Waals surface area contributed by atoms with Gasteiger partial charge in [0.2, 0.25) is 5.91 Å². The third kappa shape index (κ3) is 2.91. The van der Waals surface area contributed by atoms with Crippen LogP contribution in [0.15, 0.2) is 24.3 Å². The van der Waals surface area contributed by atoms with Crippen molar-refractivity contribution in [2.75, 3.05) is 0 Å². The van der Waals surface area contributed by atoms with E-state index in [4.69, 9.17) is 0 Å². The molecule has 0 unspecified atom stereocenters. The molecule has 0 bridgehead atoms. The molecule has 1 amide bonds. The Kier molecular flexibility index (Phi) is 3.90. The van der Waals surface area contributed by atoms with E-state index >= 15 is 0 Å². The van der Waals surface area contributed by atoms with Gasteiger partial charge in [0.25, 0.3) is 0 Å². The minimum atomic E-state index is 0.0246. The van der Waals surface area contributed by atoms with Crippen LogP contribution in [0.25, 0.3) is 11.0 Å². The Morgan fingerprint density at radius 2 is 2.14 bits per heavy atom. The fraction of sp³-hybridized carbons (Fsp3) is 0.562. The average molecular weight is 286 g/mol. The summed E-state index contributed by atoms with van der Waals surface area (Å²) in [4.78, 5) is 12.3. The van der Waals surface area contributed by atoms with E-state index < -0.39 is 0 Å². The summed E-state index contributed by atoms with van der Waals surface area (Å²) in [6.07, 6.45) is 3.54. The molecule has 2 aromatic rings. The van der Waals surface area contributed by atoms with Gasteiger partial charge < -0.3 is 5.32 Å². The molecule has 3 atom stereocenters. The Morgan fingerprint density at radius 3 is 3.00 bits per heavy atom. The summed E-state index contributed by atoms with van der Waals surface area (Å²) < 4.78 is 1.67. The molecule has 1 aliphatic carbocycles. The molecule has 1 aromatic heterocycles. The summed E-state index contributed by atoms with van der Waals surface area (Å²) in [5.41, 5.74) is 1.72. The van der Waals surface area contributed by atoms with Gasteiger partial charge in [-0.15, -0.1) is 5.10 Å². The molecule has 0 saturated heterocycles. The Hall–Kier alpha value is -1.91. The van der Waals surface area contributed by atoms with E-state index in [1.54, 1.807) is 4.68 Å². The number of carbonyl (C=O) groups excluding carboxylic acids is 1. The summed E-state index contributed by atoms with van der Waals surface area (Å²) in [5, 5.41) is 11.3. The van der Waals surface area contributed by atoms with E-state index in [1.807, 2.05) is 24.3 Å². The van der Waals surface area contributed by atoms with Crippen LogP contribution < -0.4 is 5.32 Å². The Morgan fingerprint density at radius 1 is 1.33 bits per heavy atom. The lowest BCUT2D eigenvalue weighted by atomic mass is 9.78. The van der Waals surface area contributed by atoms with Gasteiger partial charge in [0, 0.05) is 6.04 Å². The van der Waals surface area contributed by atoms with Gasteiger partial charge in [0.1, 0.15) is 12.1 Å². The van der Waals surface area contributed by atoms with E-state index in [2.05, 4.69) is 29.5 Å². The summed E-state index contributed by atoms with van der Waals surface area (Å²) in [5.74, 6) is 1.24. The monoisotopic (exact) mass is 286 g/mol. The first-order valence-electron chi connectivity index (χ1n) is 7.73. The molecule has 0 aliphatic heterocycles. The second kappa shape index (κ2) is 5.84. The van der Waals surface area contributed by atoms with Crippen molar-refractivity contribution in [3.05, 3.63) is 24.3 Å². The number of hydrogen-bond donors (Lipinski definition) is 1. The molecule has 1 fully saturated rings. The molecule has 0 spiro atoms. The maximum absolute atomic E-state index is 12.3. The van der Waals surface area contributed by atoms with Gasteiger partial charge in [-0.3, -0.25) is 4.79 Å². The van der Waals surface area contributed by atoms with Crippen LogP contribution >= 0.6 is 0 Å². The molecule has 1 saturated carbocycles. The van der Waals surface area contributed by atoms with Crippen LogP contribution in [0.3, 0.4) is 0 Å². The van der Waals surface area contributed by atoms with Crippen molar-refractivity contribution in [2.45, 2.75) is 45.7 Å². The fourth-order valence-corrected chi connectivity index (χ4v) is 3.21. The van der Waals surface area contributed by atoms with Crippen LogP contribution in [0, 0.1) is 11.8 Å². The molecular weight excluding hydrogens is 264 g/mol. The van der Waals surface area contributed by atoms with Gasteiger partial charge in [0.05, 0.1) is 5.52 Å². The largest absolute Gasteiger partial charge is 0.351 e. The van der Waals surface area contributed by atoms with Crippen molar-refractivity contribution in [2.24, 2.45) is 11.8 Å². The van der Waals surface area contributed by atoms with Gasteiger partial charge in [-0.2, -0.15) is 0 Å². The number of amides is 1. The number of nitrogens with one attached hydrogen (secondary N) is 1. The van der Waals surface area contributed by atoms with E-state index in [1.165, 1.54) is 12.8 Å². The number of carbonyl (C=O) groups is 1. The highest BCUT2D eigenvalue weighted by atomic mass is 16.2. The third-order valence-electron chi connectivity index (χ3n) is 4.77. The lowest BCUT2D eigenvalue weighted by molar-refractivity contribution is -0.123. The van der Waals surface area contributed by atoms with Crippen LogP contribution in [0.2, 0.25) is 0 Å². The van der Waals surface area contributed by atoms with Gasteiger partial charge in [-0.05, 0) is 30.4 Å². The zero-order valence-corrected chi connectivity index (χ0v) is 12.6. The summed E-state index contributed by atoms with van der Waals surface area (Å²) in [6, 6.07) is 7.99. The molecular formula is C16H22N4O. The number of rotatable bonds is 3. The first kappa shape index (κ1) is 14.0. The Labute approximate surface area is 124 Å². The number of hydrogen-bond acceptors (Lipinski definition) is 3. The Balaban J connectivity index is 1.66. The molecule has 21 heavy (non-hydrogen) atoms. The first-order valence-corrected chi connectivity index (χ1v) is 7.73. The maximum Gasteiger partial charge on any atom is 0.242 e. The summed E-state index contributed by atoms with van der Waals surface area (Å²) in [7, 11) is 0. The number of para-hydroxylation sites is 1. The van der Waals surface area contributed by atoms with Crippen LogP contribution in [0.5, 0.6) is 0 Å². The van der Waals surface area contributed by atoms with Crippen molar-refractivity contribution in [3.63, 3.8) is 0 Å². The molecule has 0 radical (unpaired) electrons. The quantitative estimate of drug-likeness (QED) is 0.942. The molecule has 5 nitrogen and oxygen atoms in total. The molecule has 1 heterocycles. The topological polar surface area (TPSA) is 59.8 Å². The zero-order valence-electron chi connectivity index (χ0n) is 12.6. The highest BCUT2D eigenvalue weighted by Gasteiger charge is 2.28. The molecule has 5 heteroatoms. The van der Waals surface area contributed by atoms with Crippen molar-refractivity contribution < 1.29 is 4.79 Å². The lowest BCUT2D eigenvalue weighted by Gasteiger charge is -2.34. The van der Waals surface area contributed by atoms with Crippen molar-refractivity contribution in [1.29, 1.82) is 0 Å². The molecule has 3 rings (SSSR count). The second-order valence-corrected chi connectivity index (χ2v) is 6.18. The highest BCUT2D eigenvalue weighted by molar-refractivity contribution is 5.79. The second-order valence-electron chi connectivity index (χ2n) is 6.18. The summed E-state index contributed by atoms with van der Waals surface area (Å²) >= 11 is 0. The minimum absolute atomic E-state index is 0.0246. The van der Waals surface area contributed by atoms with Gasteiger partial charge >= 0.3 is 0 Å². The minimum Gasteiger partial charge on any atom is -0.351 e. The predicted octanol–water partition coefficient (Wildman–Crippen LogP) is 2.37. The smallest absolute Gasteiger partial charge is 0.242 e. The first-order chi connectivity index (χ1) is 10.1. The van der Waals surface area contributed by atoms with E-state index in [0.717, 1.165) is 17.5 Å². The van der Waals surface area contributed by atoms with Gasteiger partial charge in [-0.25, -0.2) is 4.68 Å². The van der Waals surface area contributed by atoms with Crippen LogP contribution in [-0.4, -0.2) is 26.9 Å². The number of fused-ring (bicyclic) bond motifs is 1. The van der Waals surface area contributed by atoms with Crippen molar-refractivity contribution in [1.82, 2.24) is 20.3 Å². The van der Waals surface area contributed by atoms with Crippen LogP contribution in [-0.2, 0) is 11.3 Å². The maximum atomic E-state index is 12.3. The number of benzene rings is 1. The fourth-order valence-electron chi connectivity index (χ4n) is 3.21. The molecule has 1 N–H and O–H groups in total. The molecule has 1 aliphatic rings. The highest BCUT2D eigenvalue weighted by Crippen LogP contribution is 2.29. The van der Waals surface area contributed by atoms with Crippen molar-refractivity contribution in [3.8, 4) is 0 Å². The number of aromatic nitrogens is 3. The van der Waals surface area contributed by atoms with E-state index in [9.17, 15) is 4.79 Å². The van der Waals surface area contributed by atoms with Gasteiger partial charge in [0.15, 0.2) is 0 Å². The van der Waals surface area contributed by atoms with Crippen LogP contribution in [0.1, 0.15) is 33.1 Å². The number of nitrogens with zero attached hydrogens (tertiary/aromatic N) is 3. The Bertz CT molecular complexity index is 636. The zero-order chi connectivity index (χ0) is 14.8. The van der Waals surface area contributed by atoms with Gasteiger partial charge in [-0.1, -0.05) is 44.0 Å². The third-order valence-corrected chi connectivity index (χ3v) is 4.77.